The molecule has 1 saturated heterocycles. The predicted molar refractivity (Wildman–Crippen MR) is 132 cm³/mol. The maximum Gasteiger partial charge on any atom is 0.336 e. The number of rotatable bonds is 7. The summed E-state index contributed by atoms with van der Waals surface area (Å²) >= 11 is 0. The number of fused-ring (bicyclic) bond motifs is 1. The highest BCUT2D eigenvalue weighted by molar-refractivity contribution is 5.96. The zero-order chi connectivity index (χ0) is 25.6. The third kappa shape index (κ3) is 6.10. The van der Waals surface area contributed by atoms with Gasteiger partial charge in [-0.25, -0.2) is 9.59 Å². The first-order valence-corrected chi connectivity index (χ1v) is 12.2. The van der Waals surface area contributed by atoms with Crippen LogP contribution in [-0.2, 0) is 16.1 Å². The Morgan fingerprint density at radius 1 is 0.973 bits per heavy atom. The van der Waals surface area contributed by atoms with Crippen molar-refractivity contribution < 1.29 is 28.4 Å². The van der Waals surface area contributed by atoms with E-state index in [0.717, 1.165) is 51.0 Å². The first kappa shape index (κ1) is 24.4. The molecule has 1 fully saturated rings. The molecule has 5 rings (SSSR count). The number of benzene rings is 2. The monoisotopic (exact) mass is 502 g/mol. The SMILES string of the molecule is O=C1/C=C/C(=O)Oc2c(cccc2-c2nc(C(=O)NCCC3CCN(Cc4ccccc4)CC3)no2)O1. The molecule has 37 heavy (non-hydrogen) atoms. The second-order valence-corrected chi connectivity index (χ2v) is 8.98. The Kier molecular flexibility index (Phi) is 7.36. The number of aromatic nitrogens is 2. The van der Waals surface area contributed by atoms with Gasteiger partial charge in [-0.15, -0.1) is 0 Å². The van der Waals surface area contributed by atoms with Gasteiger partial charge in [0.05, 0.1) is 5.56 Å². The summed E-state index contributed by atoms with van der Waals surface area (Å²) in [6.07, 6.45) is 4.99. The van der Waals surface area contributed by atoms with Crippen molar-refractivity contribution in [2.24, 2.45) is 5.92 Å². The Morgan fingerprint density at radius 2 is 1.73 bits per heavy atom. The second-order valence-electron chi connectivity index (χ2n) is 8.98. The molecule has 3 aromatic rings. The molecule has 2 aliphatic rings. The second kappa shape index (κ2) is 11.2. The third-order valence-corrected chi connectivity index (χ3v) is 6.40. The number of hydrogen-bond acceptors (Lipinski definition) is 9. The number of amides is 1. The third-order valence-electron chi connectivity index (χ3n) is 6.40. The fourth-order valence-electron chi connectivity index (χ4n) is 4.45. The quantitative estimate of drug-likeness (QED) is 0.383. The zero-order valence-corrected chi connectivity index (χ0v) is 20.1. The highest BCUT2D eigenvalue weighted by Gasteiger charge is 2.25. The topological polar surface area (TPSA) is 124 Å². The molecule has 0 saturated carbocycles. The van der Waals surface area contributed by atoms with E-state index in [2.05, 4.69) is 44.6 Å². The summed E-state index contributed by atoms with van der Waals surface area (Å²) in [6, 6.07) is 15.1. The van der Waals surface area contributed by atoms with E-state index in [1.807, 2.05) is 6.07 Å². The van der Waals surface area contributed by atoms with Crippen LogP contribution in [0.5, 0.6) is 11.5 Å². The van der Waals surface area contributed by atoms with Crippen LogP contribution < -0.4 is 14.8 Å². The number of piperidine rings is 1. The molecule has 0 spiro atoms. The smallest absolute Gasteiger partial charge is 0.336 e. The van der Waals surface area contributed by atoms with Crippen molar-refractivity contribution in [3.8, 4) is 23.0 Å². The highest BCUT2D eigenvalue weighted by atomic mass is 16.6. The molecule has 1 N–H and O–H groups in total. The number of para-hydroxylation sites is 1. The first-order chi connectivity index (χ1) is 18.0. The van der Waals surface area contributed by atoms with Crippen molar-refractivity contribution in [2.45, 2.75) is 25.8 Å². The van der Waals surface area contributed by atoms with E-state index in [-0.39, 0.29) is 28.8 Å². The molecule has 0 bridgehead atoms. The van der Waals surface area contributed by atoms with Crippen molar-refractivity contribution in [2.75, 3.05) is 19.6 Å². The van der Waals surface area contributed by atoms with Crippen LogP contribution in [0.15, 0.2) is 65.2 Å². The van der Waals surface area contributed by atoms with Gasteiger partial charge in [-0.3, -0.25) is 9.69 Å². The number of carbonyl (C=O) groups excluding carboxylic acids is 3. The average molecular weight is 503 g/mol. The van der Waals surface area contributed by atoms with Crippen LogP contribution in [0.1, 0.15) is 35.4 Å². The number of ether oxygens (including phenoxy) is 2. The maximum atomic E-state index is 12.6. The van der Waals surface area contributed by atoms with E-state index in [1.54, 1.807) is 12.1 Å². The molecule has 1 aromatic heterocycles. The summed E-state index contributed by atoms with van der Waals surface area (Å²) in [4.78, 5) is 42.9. The standard InChI is InChI=1S/C27H26N4O6/c32-22-9-10-23(33)36-24-20(7-4-8-21(24)35-22)27-29-25(30-37-27)26(34)28-14-11-18-12-15-31(16-13-18)17-19-5-2-1-3-6-19/h1-10,18H,11-17H2,(H,28,34)/b10-9+. The molecule has 0 radical (unpaired) electrons. The fourth-order valence-corrected chi connectivity index (χ4v) is 4.45. The minimum Gasteiger partial charge on any atom is -0.419 e. The number of esters is 2. The normalized spacial score (nSPS) is 17.2. The summed E-state index contributed by atoms with van der Waals surface area (Å²) in [6.45, 7) is 3.55. The average Bonchev–Trinajstić information content (AvgIpc) is 3.40. The van der Waals surface area contributed by atoms with Gasteiger partial charge < -0.3 is 19.3 Å². The van der Waals surface area contributed by atoms with Crippen molar-refractivity contribution in [3.05, 3.63) is 72.1 Å². The number of nitrogens with zero attached hydrogens (tertiary/aromatic N) is 3. The molecule has 0 unspecified atom stereocenters. The van der Waals surface area contributed by atoms with Crippen LogP contribution in [0.4, 0.5) is 0 Å². The number of hydrogen-bond donors (Lipinski definition) is 1. The Balaban J connectivity index is 1.14. The van der Waals surface area contributed by atoms with Gasteiger partial charge in [-0.1, -0.05) is 41.6 Å². The number of nitrogens with one attached hydrogen (secondary N) is 1. The van der Waals surface area contributed by atoms with Gasteiger partial charge >= 0.3 is 11.9 Å². The van der Waals surface area contributed by atoms with Gasteiger partial charge in [0, 0.05) is 25.2 Å². The van der Waals surface area contributed by atoms with Crippen LogP contribution in [0.3, 0.4) is 0 Å². The Bertz CT molecular complexity index is 1310. The summed E-state index contributed by atoms with van der Waals surface area (Å²) in [5.41, 5.74) is 1.55. The summed E-state index contributed by atoms with van der Waals surface area (Å²) < 4.78 is 15.7. The molecule has 10 heteroatoms. The van der Waals surface area contributed by atoms with Crippen molar-refractivity contribution in [3.63, 3.8) is 0 Å². The molecule has 2 aromatic carbocycles. The molecular formula is C27H26N4O6. The van der Waals surface area contributed by atoms with E-state index < -0.39 is 17.8 Å². The van der Waals surface area contributed by atoms with Gasteiger partial charge in [0.1, 0.15) is 0 Å². The van der Waals surface area contributed by atoms with Gasteiger partial charge in [0.25, 0.3) is 17.6 Å². The Labute approximate surface area is 213 Å². The molecule has 190 valence electrons. The number of carbonyl (C=O) groups is 3. The van der Waals surface area contributed by atoms with Crippen molar-refractivity contribution in [1.82, 2.24) is 20.4 Å². The van der Waals surface area contributed by atoms with Gasteiger partial charge in [0.15, 0.2) is 11.5 Å². The summed E-state index contributed by atoms with van der Waals surface area (Å²) in [5, 5.41) is 6.62. The van der Waals surface area contributed by atoms with Crippen LogP contribution in [0.25, 0.3) is 11.5 Å². The van der Waals surface area contributed by atoms with Gasteiger partial charge in [-0.2, -0.15) is 4.98 Å². The minimum absolute atomic E-state index is 0.0271. The molecular weight excluding hydrogens is 476 g/mol. The molecule has 2 aliphatic heterocycles. The van der Waals surface area contributed by atoms with Crippen molar-refractivity contribution >= 4 is 17.8 Å². The van der Waals surface area contributed by atoms with E-state index >= 15 is 0 Å². The lowest BCUT2D eigenvalue weighted by Crippen LogP contribution is -2.35. The van der Waals surface area contributed by atoms with Gasteiger partial charge in [0.2, 0.25) is 0 Å². The lowest BCUT2D eigenvalue weighted by Gasteiger charge is -2.32. The maximum absolute atomic E-state index is 12.6. The van der Waals surface area contributed by atoms with E-state index in [0.29, 0.717) is 12.5 Å². The van der Waals surface area contributed by atoms with Crippen molar-refractivity contribution in [1.29, 1.82) is 0 Å². The molecule has 10 nitrogen and oxygen atoms in total. The largest absolute Gasteiger partial charge is 0.419 e. The van der Waals surface area contributed by atoms with E-state index in [9.17, 15) is 14.4 Å². The first-order valence-electron chi connectivity index (χ1n) is 12.2. The molecule has 1 amide bonds. The number of likely N-dealkylation sites (tertiary alicyclic amines) is 1. The Hall–Kier alpha value is -4.31. The fraction of sp³-hybridized carbons (Fsp3) is 0.296. The lowest BCUT2D eigenvalue weighted by molar-refractivity contribution is -0.133. The van der Waals surface area contributed by atoms with E-state index in [1.165, 1.54) is 11.6 Å². The Morgan fingerprint density at radius 3 is 2.51 bits per heavy atom. The predicted octanol–water partition coefficient (Wildman–Crippen LogP) is 3.15. The van der Waals surface area contributed by atoms with Crippen LogP contribution in [0, 0.1) is 5.92 Å². The van der Waals surface area contributed by atoms with Gasteiger partial charge in [-0.05, 0) is 56.0 Å². The zero-order valence-electron chi connectivity index (χ0n) is 20.1. The highest BCUT2D eigenvalue weighted by Crippen LogP contribution is 2.38. The molecule has 3 heterocycles. The molecule has 0 aliphatic carbocycles. The van der Waals surface area contributed by atoms with Crippen LogP contribution >= 0.6 is 0 Å². The summed E-state index contributed by atoms with van der Waals surface area (Å²) in [7, 11) is 0. The minimum atomic E-state index is -0.756. The molecule has 0 atom stereocenters. The lowest BCUT2D eigenvalue weighted by atomic mass is 9.93. The van der Waals surface area contributed by atoms with E-state index in [4.69, 9.17) is 14.0 Å². The summed E-state index contributed by atoms with van der Waals surface area (Å²) in [5.74, 6) is -1.58. The van der Waals surface area contributed by atoms with Crippen LogP contribution in [-0.4, -0.2) is 52.5 Å². The van der Waals surface area contributed by atoms with Crippen LogP contribution in [0.2, 0.25) is 0 Å².